The van der Waals surface area contributed by atoms with Gasteiger partial charge in [-0.3, -0.25) is 13.9 Å². The van der Waals surface area contributed by atoms with Crippen LogP contribution in [0.2, 0.25) is 0 Å². The lowest BCUT2D eigenvalue weighted by Crippen LogP contribution is -2.63. The van der Waals surface area contributed by atoms with Crippen LogP contribution in [0, 0.1) is 34.8 Å². The van der Waals surface area contributed by atoms with E-state index >= 15 is 0 Å². The third-order valence-corrected chi connectivity index (χ3v) is 9.89. The Hall–Kier alpha value is -2.27. The van der Waals surface area contributed by atoms with Crippen LogP contribution in [0.1, 0.15) is 38.5 Å². The first kappa shape index (κ1) is 22.5. The summed E-state index contributed by atoms with van der Waals surface area (Å²) in [6.07, 6.45) is 4.40. The Balaban J connectivity index is 1.28. The Morgan fingerprint density at radius 2 is 1.82 bits per heavy atom. The van der Waals surface area contributed by atoms with Crippen molar-refractivity contribution in [3.05, 3.63) is 29.8 Å². The molecule has 4 bridgehead atoms. The Labute approximate surface area is 191 Å². The summed E-state index contributed by atoms with van der Waals surface area (Å²) < 4.78 is 55.9. The summed E-state index contributed by atoms with van der Waals surface area (Å²) in [4.78, 5) is 25.0. The number of benzene rings is 1. The highest BCUT2D eigenvalue weighted by Crippen LogP contribution is 2.59. The maximum Gasteiger partial charge on any atom is 0.304 e. The second kappa shape index (κ2) is 7.90. The minimum absolute atomic E-state index is 0.00415. The van der Waals surface area contributed by atoms with Crippen molar-refractivity contribution in [1.29, 1.82) is 0 Å². The van der Waals surface area contributed by atoms with E-state index in [0.717, 1.165) is 46.1 Å². The molecule has 5 fully saturated rings. The molecule has 180 valence electrons. The van der Waals surface area contributed by atoms with Crippen LogP contribution in [-0.4, -0.2) is 50.2 Å². The zero-order chi connectivity index (χ0) is 23.5. The van der Waals surface area contributed by atoms with E-state index in [-0.39, 0.29) is 42.6 Å². The average molecular weight is 483 g/mol. The van der Waals surface area contributed by atoms with Gasteiger partial charge in [0.1, 0.15) is 11.6 Å². The van der Waals surface area contributed by atoms with Gasteiger partial charge in [0.15, 0.2) is 0 Å². The fraction of sp³-hybridized carbons (Fsp3) is 0.636. The number of anilines is 1. The molecule has 2 amide bonds. The molecule has 4 saturated carbocycles. The van der Waals surface area contributed by atoms with Crippen LogP contribution in [0.25, 0.3) is 0 Å². The number of hydrogen-bond acceptors (Lipinski definition) is 4. The van der Waals surface area contributed by atoms with E-state index in [2.05, 4.69) is 5.32 Å². The van der Waals surface area contributed by atoms with E-state index in [1.807, 2.05) is 0 Å². The second-order valence-electron chi connectivity index (χ2n) is 10.1. The third kappa shape index (κ3) is 3.78. The molecule has 1 heterocycles. The minimum atomic E-state index is -4.20. The Kier molecular flexibility index (Phi) is 5.39. The number of hydrogen-bond donors (Lipinski definition) is 2. The van der Waals surface area contributed by atoms with Crippen LogP contribution in [0.15, 0.2) is 18.2 Å². The molecule has 4 aliphatic carbocycles. The average Bonchev–Trinajstić information content (AvgIpc) is 2.73. The molecule has 5 aliphatic rings. The van der Waals surface area contributed by atoms with Crippen molar-refractivity contribution in [3.8, 4) is 0 Å². The van der Waals surface area contributed by atoms with Crippen molar-refractivity contribution in [3.63, 3.8) is 0 Å². The molecule has 33 heavy (non-hydrogen) atoms. The summed E-state index contributed by atoms with van der Waals surface area (Å²) in [6.45, 7) is -0.270. The molecule has 1 aromatic carbocycles. The van der Waals surface area contributed by atoms with Gasteiger partial charge in [-0.2, -0.15) is 12.7 Å². The van der Waals surface area contributed by atoms with Crippen molar-refractivity contribution in [1.82, 2.24) is 9.62 Å². The summed E-state index contributed by atoms with van der Waals surface area (Å²) in [5, 5.41) is 3.03. The molecule has 0 aromatic heterocycles. The number of rotatable bonds is 5. The Bertz CT molecular complexity index is 1080. The van der Waals surface area contributed by atoms with Gasteiger partial charge in [0.25, 0.3) is 0 Å². The highest BCUT2D eigenvalue weighted by molar-refractivity contribution is 7.90. The molecule has 2 atom stereocenters. The normalized spacial score (nSPS) is 34.9. The number of halogens is 2. The van der Waals surface area contributed by atoms with Gasteiger partial charge in [0.2, 0.25) is 11.8 Å². The molecular formula is C22H28F2N4O4S. The topological polar surface area (TPSA) is 113 Å². The van der Waals surface area contributed by atoms with E-state index < -0.39 is 39.7 Å². The summed E-state index contributed by atoms with van der Waals surface area (Å²) in [6, 6.07) is 2.55. The number of carbonyl (C=O) groups is 2. The van der Waals surface area contributed by atoms with Crippen LogP contribution < -0.4 is 15.4 Å². The molecule has 2 unspecified atom stereocenters. The van der Waals surface area contributed by atoms with Gasteiger partial charge in [-0.25, -0.2) is 8.78 Å². The summed E-state index contributed by atoms with van der Waals surface area (Å²) in [5.74, 6) is -1.51. The molecule has 11 heteroatoms. The minimum Gasteiger partial charge on any atom is -0.369 e. The zero-order valence-corrected chi connectivity index (χ0v) is 19.0. The van der Waals surface area contributed by atoms with Crippen LogP contribution in [0.5, 0.6) is 0 Å². The number of primary amides is 1. The van der Waals surface area contributed by atoms with Crippen molar-refractivity contribution < 1.29 is 26.8 Å². The number of amides is 2. The van der Waals surface area contributed by atoms with Crippen LogP contribution in [0.4, 0.5) is 14.5 Å². The van der Waals surface area contributed by atoms with E-state index in [1.165, 1.54) is 0 Å². The summed E-state index contributed by atoms with van der Waals surface area (Å²) in [5.41, 5.74) is 4.89. The van der Waals surface area contributed by atoms with Crippen LogP contribution in [0.3, 0.4) is 0 Å². The van der Waals surface area contributed by atoms with E-state index in [0.29, 0.717) is 25.2 Å². The summed E-state index contributed by atoms with van der Waals surface area (Å²) >= 11 is 0. The van der Waals surface area contributed by atoms with E-state index in [9.17, 15) is 26.8 Å². The SMILES string of the molecule is NC(=O)C12CC3CC(C1)C(NC(=O)CN1CCCN(c4cc(F)ccc4F)S1(=O)=O)C(C3)C2. The Morgan fingerprint density at radius 1 is 1.12 bits per heavy atom. The van der Waals surface area contributed by atoms with Crippen molar-refractivity contribution in [2.24, 2.45) is 28.9 Å². The molecule has 8 nitrogen and oxygen atoms in total. The lowest BCUT2D eigenvalue weighted by molar-refractivity contribution is -0.147. The van der Waals surface area contributed by atoms with Crippen molar-refractivity contribution in [2.75, 3.05) is 23.9 Å². The number of carbonyl (C=O) groups excluding carboxylic acids is 2. The quantitative estimate of drug-likeness (QED) is 0.663. The Morgan fingerprint density at radius 3 is 2.48 bits per heavy atom. The standard InChI is InChI=1S/C22H28F2N4O4S/c23-16-2-3-17(24)18(8-16)28-5-1-4-27(33(28,31)32)12-19(29)26-20-14-6-13-7-15(20)11-22(9-13,10-14)21(25)30/h2-3,8,13-15,20H,1,4-7,9-12H2,(H2,25,30)(H,26,29). The van der Waals surface area contributed by atoms with Crippen molar-refractivity contribution >= 4 is 27.7 Å². The van der Waals surface area contributed by atoms with Gasteiger partial charge in [-0.05, 0) is 68.4 Å². The predicted octanol–water partition coefficient (Wildman–Crippen LogP) is 1.52. The monoisotopic (exact) mass is 482 g/mol. The fourth-order valence-electron chi connectivity index (χ4n) is 6.80. The van der Waals surface area contributed by atoms with Gasteiger partial charge < -0.3 is 11.1 Å². The first-order valence-corrected chi connectivity index (χ1v) is 12.8. The van der Waals surface area contributed by atoms with Gasteiger partial charge in [0, 0.05) is 30.6 Å². The smallest absolute Gasteiger partial charge is 0.304 e. The van der Waals surface area contributed by atoms with Gasteiger partial charge >= 0.3 is 10.2 Å². The lowest BCUT2D eigenvalue weighted by Gasteiger charge is -2.58. The van der Waals surface area contributed by atoms with Crippen LogP contribution >= 0.6 is 0 Å². The number of nitrogens with two attached hydrogens (primary N) is 1. The molecule has 6 rings (SSSR count). The van der Waals surface area contributed by atoms with Crippen LogP contribution in [-0.2, 0) is 19.8 Å². The molecular weight excluding hydrogens is 454 g/mol. The van der Waals surface area contributed by atoms with Gasteiger partial charge in [0.05, 0.1) is 12.2 Å². The molecule has 1 saturated heterocycles. The molecule has 0 radical (unpaired) electrons. The van der Waals surface area contributed by atoms with Crippen molar-refractivity contribution in [2.45, 2.75) is 44.6 Å². The zero-order valence-electron chi connectivity index (χ0n) is 18.2. The maximum absolute atomic E-state index is 14.2. The van der Waals surface area contributed by atoms with E-state index in [1.54, 1.807) is 0 Å². The maximum atomic E-state index is 14.2. The third-order valence-electron chi connectivity index (χ3n) is 7.99. The molecule has 0 spiro atoms. The summed E-state index contributed by atoms with van der Waals surface area (Å²) in [7, 11) is -4.20. The first-order chi connectivity index (χ1) is 15.6. The largest absolute Gasteiger partial charge is 0.369 e. The second-order valence-corrected chi connectivity index (χ2v) is 11.9. The van der Waals surface area contributed by atoms with E-state index in [4.69, 9.17) is 5.73 Å². The highest BCUT2D eigenvalue weighted by Gasteiger charge is 2.58. The van der Waals surface area contributed by atoms with Gasteiger partial charge in [-0.15, -0.1) is 0 Å². The molecule has 1 aliphatic heterocycles. The predicted molar refractivity (Wildman–Crippen MR) is 116 cm³/mol. The highest BCUT2D eigenvalue weighted by atomic mass is 32.2. The lowest BCUT2D eigenvalue weighted by atomic mass is 9.47. The first-order valence-electron chi connectivity index (χ1n) is 11.4. The number of nitrogens with zero attached hydrogens (tertiary/aromatic N) is 2. The molecule has 3 N–H and O–H groups in total. The van der Waals surface area contributed by atoms with Gasteiger partial charge in [-0.1, -0.05) is 0 Å². The molecule has 1 aromatic rings. The number of nitrogens with one attached hydrogen (secondary N) is 1. The fourth-order valence-corrected chi connectivity index (χ4v) is 8.46.